The molecular formula is C18H25ClN5O5P. The molecule has 0 aliphatic heterocycles. The number of hydrogen-bond donors (Lipinski definition) is 4. The van der Waals surface area contributed by atoms with E-state index in [9.17, 15) is 19.0 Å². The van der Waals surface area contributed by atoms with Gasteiger partial charge in [-0.05, 0) is 18.9 Å². The topological polar surface area (TPSA) is 160 Å². The molecule has 1 aromatic carbocycles. The number of carbonyl (C=O) groups excluding carboxylic acids is 1. The summed E-state index contributed by atoms with van der Waals surface area (Å²) in [5, 5.41) is 14.2. The second kappa shape index (κ2) is 11.0. The Balaban J connectivity index is 0.00000450. The molecule has 30 heavy (non-hydrogen) atoms. The Morgan fingerprint density at radius 1 is 1.33 bits per heavy atom. The van der Waals surface area contributed by atoms with E-state index in [1.165, 1.54) is 20.2 Å². The molecular weight excluding hydrogens is 433 g/mol. The summed E-state index contributed by atoms with van der Waals surface area (Å²) in [5.74, 6) is -0.610. The molecule has 12 heteroatoms. The van der Waals surface area contributed by atoms with Crippen LogP contribution in [-0.2, 0) is 16.1 Å². The summed E-state index contributed by atoms with van der Waals surface area (Å²) in [6, 6.07) is 8.13. The first kappa shape index (κ1) is 25.5. The minimum atomic E-state index is -3.56. The van der Waals surface area contributed by atoms with Crippen molar-refractivity contribution >= 4 is 31.7 Å². The average Bonchev–Trinajstić information content (AvgIpc) is 2.69. The first-order valence-corrected chi connectivity index (χ1v) is 10.6. The van der Waals surface area contributed by atoms with E-state index in [-0.39, 0.29) is 36.5 Å². The first-order valence-electron chi connectivity index (χ1n) is 8.83. The van der Waals surface area contributed by atoms with Crippen molar-refractivity contribution in [2.75, 3.05) is 19.8 Å². The lowest BCUT2D eigenvalue weighted by Crippen LogP contribution is -2.34. The molecule has 0 aliphatic carbocycles. The third kappa shape index (κ3) is 6.77. The third-order valence-electron chi connectivity index (χ3n) is 4.24. The fraction of sp³-hybridized carbons (Fsp3) is 0.333. The lowest BCUT2D eigenvalue weighted by molar-refractivity contribution is 0.0951. The predicted molar refractivity (Wildman–Crippen MR) is 116 cm³/mol. The molecule has 1 heterocycles. The Labute approximate surface area is 179 Å². The van der Waals surface area contributed by atoms with E-state index >= 15 is 0 Å². The number of halogens is 1. The number of nitrogens with one attached hydrogen (secondary N) is 2. The van der Waals surface area contributed by atoms with Crippen molar-refractivity contribution in [3.05, 3.63) is 51.8 Å². The van der Waals surface area contributed by atoms with E-state index in [1.54, 1.807) is 24.3 Å². The SMILES string of the molecule is COP(=O)(O)CCCCNC(=O)c1cc(-c2ccc(C(=N)N)cc2)nn(C)c1=O.Cl. The zero-order chi connectivity index (χ0) is 21.6. The van der Waals surface area contributed by atoms with Crippen molar-refractivity contribution in [3.63, 3.8) is 0 Å². The van der Waals surface area contributed by atoms with Crippen molar-refractivity contribution in [1.29, 1.82) is 5.41 Å². The van der Waals surface area contributed by atoms with Gasteiger partial charge >= 0.3 is 7.60 Å². The Kier molecular flexibility index (Phi) is 9.38. The van der Waals surface area contributed by atoms with E-state index in [4.69, 9.17) is 11.1 Å². The lowest BCUT2D eigenvalue weighted by Gasteiger charge is -2.10. The van der Waals surface area contributed by atoms with Gasteiger partial charge in [0.25, 0.3) is 11.5 Å². The van der Waals surface area contributed by atoms with E-state index < -0.39 is 19.1 Å². The molecule has 2 rings (SSSR count). The number of nitrogen functional groups attached to an aromatic ring is 1. The standard InChI is InChI=1S/C18H24N5O5P.ClH/c1-23-18(25)14(17(24)21-9-3-4-10-29(26,27)28-2)11-15(22-23)12-5-7-13(8-6-12)16(19)20;/h5-8,11H,3-4,9-10H2,1-2H3,(H3,19,20)(H,21,24)(H,26,27);1H. The van der Waals surface area contributed by atoms with Gasteiger partial charge in [-0.25, -0.2) is 4.68 Å². The molecule has 0 fully saturated rings. The van der Waals surface area contributed by atoms with E-state index in [1.807, 2.05) is 0 Å². The smallest absolute Gasteiger partial charge is 0.327 e. The van der Waals surface area contributed by atoms with Gasteiger partial charge in [0.1, 0.15) is 11.4 Å². The molecule has 0 saturated carbocycles. The number of unbranched alkanes of at least 4 members (excludes halogenated alkanes) is 1. The van der Waals surface area contributed by atoms with Gasteiger partial charge < -0.3 is 20.5 Å². The van der Waals surface area contributed by atoms with Crippen LogP contribution in [0.5, 0.6) is 0 Å². The average molecular weight is 458 g/mol. The number of nitrogens with zero attached hydrogens (tertiary/aromatic N) is 2. The van der Waals surface area contributed by atoms with Crippen LogP contribution in [0.3, 0.4) is 0 Å². The van der Waals surface area contributed by atoms with Gasteiger partial charge in [-0.15, -0.1) is 12.4 Å². The number of aromatic nitrogens is 2. The fourth-order valence-corrected chi connectivity index (χ4v) is 3.36. The molecule has 1 amide bonds. The second-order valence-corrected chi connectivity index (χ2v) is 8.46. The minimum Gasteiger partial charge on any atom is -0.384 e. The van der Waals surface area contributed by atoms with Crippen LogP contribution >= 0.6 is 20.0 Å². The zero-order valence-electron chi connectivity index (χ0n) is 16.6. The number of amides is 1. The molecule has 1 atom stereocenters. The molecule has 0 radical (unpaired) electrons. The number of hydrogen-bond acceptors (Lipinski definition) is 6. The van der Waals surface area contributed by atoms with Crippen molar-refractivity contribution < 1.29 is 18.8 Å². The summed E-state index contributed by atoms with van der Waals surface area (Å²) >= 11 is 0. The molecule has 10 nitrogen and oxygen atoms in total. The lowest BCUT2D eigenvalue weighted by atomic mass is 10.1. The molecule has 164 valence electrons. The van der Waals surface area contributed by atoms with Gasteiger partial charge in [0.2, 0.25) is 0 Å². The molecule has 0 saturated heterocycles. The quantitative estimate of drug-likeness (QED) is 0.192. The first-order chi connectivity index (χ1) is 13.6. The summed E-state index contributed by atoms with van der Waals surface area (Å²) in [6.45, 7) is 0.247. The molecule has 1 unspecified atom stereocenters. The van der Waals surface area contributed by atoms with Gasteiger partial charge in [-0.2, -0.15) is 5.10 Å². The normalized spacial score (nSPS) is 12.5. The monoisotopic (exact) mass is 457 g/mol. The Bertz CT molecular complexity index is 1010. The Hall–Kier alpha value is -2.52. The third-order valence-corrected chi connectivity index (χ3v) is 5.69. The summed E-state index contributed by atoms with van der Waals surface area (Å²) in [7, 11) is -0.928. The van der Waals surface area contributed by atoms with Gasteiger partial charge in [0.05, 0.1) is 11.9 Å². The van der Waals surface area contributed by atoms with Crippen molar-refractivity contribution in [2.45, 2.75) is 12.8 Å². The Morgan fingerprint density at radius 3 is 2.53 bits per heavy atom. The van der Waals surface area contributed by atoms with Crippen molar-refractivity contribution in [1.82, 2.24) is 15.1 Å². The van der Waals surface area contributed by atoms with E-state index in [0.717, 1.165) is 4.68 Å². The van der Waals surface area contributed by atoms with Crippen LogP contribution in [0.15, 0.2) is 35.1 Å². The summed E-state index contributed by atoms with van der Waals surface area (Å²) < 4.78 is 17.0. The number of benzene rings is 1. The zero-order valence-corrected chi connectivity index (χ0v) is 18.3. The number of aryl methyl sites for hydroxylation is 1. The molecule has 0 spiro atoms. The number of rotatable bonds is 9. The summed E-state index contributed by atoms with van der Waals surface area (Å²) in [6.07, 6.45) is 0.852. The van der Waals surface area contributed by atoms with Gasteiger partial charge in [0, 0.05) is 31.8 Å². The van der Waals surface area contributed by atoms with Crippen molar-refractivity contribution in [3.8, 4) is 11.3 Å². The van der Waals surface area contributed by atoms with Crippen LogP contribution in [0.25, 0.3) is 11.3 Å². The van der Waals surface area contributed by atoms with E-state index in [2.05, 4.69) is 14.9 Å². The van der Waals surface area contributed by atoms with E-state index in [0.29, 0.717) is 29.7 Å². The van der Waals surface area contributed by atoms with Crippen LogP contribution < -0.4 is 16.6 Å². The molecule has 1 aromatic heterocycles. The van der Waals surface area contributed by atoms with Gasteiger partial charge in [0.15, 0.2) is 0 Å². The molecule has 0 bridgehead atoms. The Morgan fingerprint density at radius 2 is 1.97 bits per heavy atom. The minimum absolute atomic E-state index is 0. The molecule has 0 aliphatic rings. The predicted octanol–water partition coefficient (Wildman–Crippen LogP) is 1.49. The maximum atomic E-state index is 12.4. The van der Waals surface area contributed by atoms with Crippen molar-refractivity contribution in [2.24, 2.45) is 12.8 Å². The molecule has 5 N–H and O–H groups in total. The van der Waals surface area contributed by atoms with Crippen LogP contribution in [0, 0.1) is 5.41 Å². The van der Waals surface area contributed by atoms with Gasteiger partial charge in [-0.3, -0.25) is 19.6 Å². The van der Waals surface area contributed by atoms with Crippen LogP contribution in [0.2, 0.25) is 0 Å². The van der Waals surface area contributed by atoms with Crippen LogP contribution in [0.4, 0.5) is 0 Å². The van der Waals surface area contributed by atoms with Crippen LogP contribution in [0.1, 0.15) is 28.8 Å². The highest BCUT2D eigenvalue weighted by atomic mass is 35.5. The highest BCUT2D eigenvalue weighted by molar-refractivity contribution is 7.52. The highest BCUT2D eigenvalue weighted by Crippen LogP contribution is 2.41. The number of carbonyl (C=O) groups is 1. The fourth-order valence-electron chi connectivity index (χ4n) is 2.56. The maximum absolute atomic E-state index is 12.4. The number of nitrogens with two attached hydrogens (primary N) is 1. The highest BCUT2D eigenvalue weighted by Gasteiger charge is 2.17. The van der Waals surface area contributed by atoms with Gasteiger partial charge in [-0.1, -0.05) is 24.3 Å². The maximum Gasteiger partial charge on any atom is 0.327 e. The summed E-state index contributed by atoms with van der Waals surface area (Å²) in [5.41, 5.74) is 6.49. The summed E-state index contributed by atoms with van der Waals surface area (Å²) in [4.78, 5) is 34.1. The number of amidine groups is 1. The van der Waals surface area contributed by atoms with Crippen LogP contribution in [-0.4, -0.2) is 46.2 Å². The second-order valence-electron chi connectivity index (χ2n) is 6.37. The largest absolute Gasteiger partial charge is 0.384 e. The molecule has 2 aromatic rings.